The average molecular weight is 295 g/mol. The minimum atomic E-state index is 0. The van der Waals surface area contributed by atoms with E-state index in [1.165, 1.54) is 30.4 Å². The molecule has 0 aromatic heterocycles. The summed E-state index contributed by atoms with van der Waals surface area (Å²) in [6, 6.07) is 8.66. The first kappa shape index (κ1) is 15.3. The number of nitrogens with two attached hydrogens (primary N) is 1. The normalized spacial score (nSPS) is 26.6. The van der Waals surface area contributed by atoms with Crippen LogP contribution in [-0.2, 0) is 16.6 Å². The third-order valence-electron chi connectivity index (χ3n) is 4.69. The number of halogens is 1. The second-order valence-electron chi connectivity index (χ2n) is 5.86. The fraction of sp³-hybridized carbons (Fsp3) is 0.562. The molecule has 4 heteroatoms. The zero-order valence-corrected chi connectivity index (χ0v) is 12.5. The first-order valence-electron chi connectivity index (χ1n) is 7.34. The minimum Gasteiger partial charge on any atom is -0.356 e. The number of benzene rings is 1. The standard InChI is InChI=1S/C16H22N2O.ClH/c17-9-4-10-18-15(19)14-11-16(14)8-3-6-12-5-1-2-7-13(12)16;/h1-2,5,7,14H,3-4,6,8-11,17H2,(H,18,19);1H. The fourth-order valence-corrected chi connectivity index (χ4v) is 3.61. The van der Waals surface area contributed by atoms with Crippen LogP contribution in [0.2, 0.25) is 0 Å². The molecule has 0 radical (unpaired) electrons. The summed E-state index contributed by atoms with van der Waals surface area (Å²) in [5.41, 5.74) is 8.49. The van der Waals surface area contributed by atoms with E-state index in [2.05, 4.69) is 29.6 Å². The van der Waals surface area contributed by atoms with Crippen LogP contribution >= 0.6 is 12.4 Å². The number of aryl methyl sites for hydroxylation is 1. The molecule has 2 aliphatic rings. The van der Waals surface area contributed by atoms with Gasteiger partial charge in [0.05, 0.1) is 0 Å². The predicted octanol–water partition coefficient (Wildman–Crippen LogP) is 2.17. The van der Waals surface area contributed by atoms with Gasteiger partial charge in [-0.3, -0.25) is 4.79 Å². The predicted molar refractivity (Wildman–Crippen MR) is 83.1 cm³/mol. The van der Waals surface area contributed by atoms with E-state index in [1.54, 1.807) is 0 Å². The molecular weight excluding hydrogens is 272 g/mol. The molecule has 1 aromatic rings. The Hall–Kier alpha value is -1.06. The lowest BCUT2D eigenvalue weighted by molar-refractivity contribution is -0.122. The number of hydrogen-bond donors (Lipinski definition) is 2. The molecule has 2 aliphatic carbocycles. The summed E-state index contributed by atoms with van der Waals surface area (Å²) in [7, 11) is 0. The maximum absolute atomic E-state index is 12.2. The fourth-order valence-electron chi connectivity index (χ4n) is 3.61. The Kier molecular flexibility index (Phi) is 4.71. The van der Waals surface area contributed by atoms with Crippen molar-refractivity contribution in [3.05, 3.63) is 35.4 Å². The lowest BCUT2D eigenvalue weighted by Gasteiger charge is -2.26. The average Bonchev–Trinajstić information content (AvgIpc) is 3.15. The van der Waals surface area contributed by atoms with Crippen molar-refractivity contribution in [3.8, 4) is 0 Å². The van der Waals surface area contributed by atoms with Crippen LogP contribution in [0.3, 0.4) is 0 Å². The zero-order valence-electron chi connectivity index (χ0n) is 11.7. The molecule has 1 aromatic carbocycles. The van der Waals surface area contributed by atoms with Gasteiger partial charge in [0, 0.05) is 17.9 Å². The highest BCUT2D eigenvalue weighted by Gasteiger charge is 2.59. The SMILES string of the molecule is Cl.NCCCNC(=O)C1CC12CCCc1ccccc12. The molecule has 2 unspecified atom stereocenters. The molecule has 3 rings (SSSR count). The van der Waals surface area contributed by atoms with Crippen LogP contribution in [0.25, 0.3) is 0 Å². The summed E-state index contributed by atoms with van der Waals surface area (Å²) >= 11 is 0. The molecule has 0 heterocycles. The number of amides is 1. The zero-order chi connectivity index (χ0) is 13.3. The highest BCUT2D eigenvalue weighted by molar-refractivity contribution is 5.85. The van der Waals surface area contributed by atoms with Gasteiger partial charge < -0.3 is 11.1 Å². The maximum Gasteiger partial charge on any atom is 0.224 e. The molecule has 2 atom stereocenters. The van der Waals surface area contributed by atoms with Crippen molar-refractivity contribution in [3.63, 3.8) is 0 Å². The van der Waals surface area contributed by atoms with Gasteiger partial charge in [0.2, 0.25) is 5.91 Å². The largest absolute Gasteiger partial charge is 0.356 e. The van der Waals surface area contributed by atoms with Crippen LogP contribution in [0, 0.1) is 5.92 Å². The Morgan fingerprint density at radius 3 is 3.00 bits per heavy atom. The van der Waals surface area contributed by atoms with E-state index < -0.39 is 0 Å². The molecule has 110 valence electrons. The topological polar surface area (TPSA) is 55.1 Å². The van der Waals surface area contributed by atoms with Gasteiger partial charge in [-0.25, -0.2) is 0 Å². The maximum atomic E-state index is 12.2. The summed E-state index contributed by atoms with van der Waals surface area (Å²) in [6.45, 7) is 1.35. The minimum absolute atomic E-state index is 0. The van der Waals surface area contributed by atoms with Crippen LogP contribution in [-0.4, -0.2) is 19.0 Å². The van der Waals surface area contributed by atoms with Crippen LogP contribution in [0.5, 0.6) is 0 Å². The van der Waals surface area contributed by atoms with E-state index in [9.17, 15) is 4.79 Å². The summed E-state index contributed by atoms with van der Waals surface area (Å²) in [6.07, 6.45) is 5.43. The second-order valence-corrected chi connectivity index (χ2v) is 5.86. The summed E-state index contributed by atoms with van der Waals surface area (Å²) in [5, 5.41) is 3.03. The molecule has 1 saturated carbocycles. The summed E-state index contributed by atoms with van der Waals surface area (Å²) < 4.78 is 0. The van der Waals surface area contributed by atoms with Gasteiger partial charge in [-0.1, -0.05) is 24.3 Å². The van der Waals surface area contributed by atoms with Crippen LogP contribution in [0.1, 0.15) is 36.8 Å². The summed E-state index contributed by atoms with van der Waals surface area (Å²) in [4.78, 5) is 12.2. The van der Waals surface area contributed by atoms with E-state index in [0.29, 0.717) is 13.1 Å². The Morgan fingerprint density at radius 2 is 2.20 bits per heavy atom. The van der Waals surface area contributed by atoms with E-state index in [-0.39, 0.29) is 29.6 Å². The van der Waals surface area contributed by atoms with Gasteiger partial charge >= 0.3 is 0 Å². The molecule has 1 amide bonds. The number of nitrogens with one attached hydrogen (secondary N) is 1. The van der Waals surface area contributed by atoms with E-state index in [4.69, 9.17) is 5.73 Å². The Bertz CT molecular complexity index is 491. The van der Waals surface area contributed by atoms with Crippen LogP contribution in [0.15, 0.2) is 24.3 Å². The highest BCUT2D eigenvalue weighted by Crippen LogP contribution is 2.60. The number of hydrogen-bond acceptors (Lipinski definition) is 2. The smallest absolute Gasteiger partial charge is 0.224 e. The van der Waals surface area contributed by atoms with Crippen molar-refractivity contribution in [2.24, 2.45) is 11.7 Å². The Balaban J connectivity index is 0.00000147. The molecule has 0 bridgehead atoms. The van der Waals surface area contributed by atoms with Crippen molar-refractivity contribution in [2.75, 3.05) is 13.1 Å². The molecule has 3 N–H and O–H groups in total. The van der Waals surface area contributed by atoms with Crippen LogP contribution < -0.4 is 11.1 Å². The number of carbonyl (C=O) groups is 1. The van der Waals surface area contributed by atoms with Gasteiger partial charge in [0.25, 0.3) is 0 Å². The third kappa shape index (κ3) is 2.57. The Morgan fingerprint density at radius 1 is 1.40 bits per heavy atom. The summed E-state index contributed by atoms with van der Waals surface area (Å²) in [5.74, 6) is 0.414. The molecular formula is C16H23ClN2O. The monoisotopic (exact) mass is 294 g/mol. The van der Waals surface area contributed by atoms with E-state index >= 15 is 0 Å². The van der Waals surface area contributed by atoms with Crippen molar-refractivity contribution >= 4 is 18.3 Å². The van der Waals surface area contributed by atoms with Gasteiger partial charge in [-0.2, -0.15) is 0 Å². The highest BCUT2D eigenvalue weighted by atomic mass is 35.5. The van der Waals surface area contributed by atoms with Gasteiger partial charge in [-0.05, 0) is 49.8 Å². The first-order valence-corrected chi connectivity index (χ1v) is 7.34. The molecule has 1 spiro atoms. The molecule has 20 heavy (non-hydrogen) atoms. The molecule has 3 nitrogen and oxygen atoms in total. The molecule has 0 saturated heterocycles. The number of fused-ring (bicyclic) bond motifs is 2. The van der Waals surface area contributed by atoms with Gasteiger partial charge in [-0.15, -0.1) is 12.4 Å². The molecule has 1 fully saturated rings. The second kappa shape index (κ2) is 6.15. The van der Waals surface area contributed by atoms with Gasteiger partial charge in [0.15, 0.2) is 0 Å². The first-order chi connectivity index (χ1) is 9.28. The van der Waals surface area contributed by atoms with Crippen LogP contribution in [0.4, 0.5) is 0 Å². The quantitative estimate of drug-likeness (QED) is 0.836. The lowest BCUT2D eigenvalue weighted by Crippen LogP contribution is -2.31. The van der Waals surface area contributed by atoms with Crippen molar-refractivity contribution < 1.29 is 4.79 Å². The number of rotatable bonds is 4. The van der Waals surface area contributed by atoms with Crippen molar-refractivity contribution in [2.45, 2.75) is 37.5 Å². The van der Waals surface area contributed by atoms with Crippen molar-refractivity contribution in [1.29, 1.82) is 0 Å². The third-order valence-corrected chi connectivity index (χ3v) is 4.69. The van der Waals surface area contributed by atoms with E-state index in [1.807, 2.05) is 0 Å². The van der Waals surface area contributed by atoms with Crippen molar-refractivity contribution in [1.82, 2.24) is 5.32 Å². The number of carbonyl (C=O) groups excluding carboxylic acids is 1. The van der Waals surface area contributed by atoms with Gasteiger partial charge in [0.1, 0.15) is 0 Å². The lowest BCUT2D eigenvalue weighted by atomic mass is 9.78. The molecule has 0 aliphatic heterocycles. The Labute approximate surface area is 126 Å². The van der Waals surface area contributed by atoms with E-state index in [0.717, 1.165) is 12.8 Å².